The Labute approximate surface area is 95.2 Å². The smallest absolute Gasteiger partial charge is 0.159 e. The van der Waals surface area contributed by atoms with Gasteiger partial charge in [-0.1, -0.05) is 31.6 Å². The molecule has 16 heavy (non-hydrogen) atoms. The fourth-order valence-corrected chi connectivity index (χ4v) is 1.40. The number of halogens is 2. The SMILES string of the molecule is CCNCC(=Cc1ccc(F)c(F)c1)CC. The lowest BCUT2D eigenvalue weighted by Crippen LogP contribution is -2.15. The minimum Gasteiger partial charge on any atom is -0.313 e. The van der Waals surface area contributed by atoms with Crippen LogP contribution in [0.1, 0.15) is 25.8 Å². The van der Waals surface area contributed by atoms with Gasteiger partial charge in [0.25, 0.3) is 0 Å². The van der Waals surface area contributed by atoms with Gasteiger partial charge in [0.15, 0.2) is 11.6 Å². The molecule has 1 rings (SSSR count). The molecule has 1 aromatic rings. The Morgan fingerprint density at radius 2 is 2.00 bits per heavy atom. The molecule has 0 atom stereocenters. The Balaban J connectivity index is 2.82. The molecule has 88 valence electrons. The predicted octanol–water partition coefficient (Wildman–Crippen LogP) is 3.37. The van der Waals surface area contributed by atoms with E-state index < -0.39 is 11.6 Å². The molecule has 1 nitrogen and oxygen atoms in total. The van der Waals surface area contributed by atoms with E-state index in [9.17, 15) is 8.78 Å². The largest absolute Gasteiger partial charge is 0.313 e. The lowest BCUT2D eigenvalue weighted by Gasteiger charge is -2.05. The molecule has 3 heteroatoms. The van der Waals surface area contributed by atoms with E-state index in [1.807, 2.05) is 19.9 Å². The van der Waals surface area contributed by atoms with Crippen LogP contribution in [0.5, 0.6) is 0 Å². The van der Waals surface area contributed by atoms with Crippen molar-refractivity contribution in [2.24, 2.45) is 0 Å². The molecule has 0 fully saturated rings. The number of hydrogen-bond donors (Lipinski definition) is 1. The van der Waals surface area contributed by atoms with Crippen LogP contribution in [-0.2, 0) is 0 Å². The number of rotatable bonds is 5. The number of hydrogen-bond acceptors (Lipinski definition) is 1. The number of likely N-dealkylation sites (N-methyl/N-ethyl adjacent to an activating group) is 1. The van der Waals surface area contributed by atoms with Gasteiger partial charge in [-0.15, -0.1) is 0 Å². The van der Waals surface area contributed by atoms with Crippen LogP contribution in [-0.4, -0.2) is 13.1 Å². The summed E-state index contributed by atoms with van der Waals surface area (Å²) in [5.74, 6) is -1.60. The third-order valence-corrected chi connectivity index (χ3v) is 2.37. The summed E-state index contributed by atoms with van der Waals surface area (Å²) in [7, 11) is 0. The van der Waals surface area contributed by atoms with Gasteiger partial charge in [0.2, 0.25) is 0 Å². The quantitative estimate of drug-likeness (QED) is 0.810. The molecule has 0 aliphatic rings. The molecule has 0 unspecified atom stereocenters. The summed E-state index contributed by atoms with van der Waals surface area (Å²) >= 11 is 0. The van der Waals surface area contributed by atoms with Crippen LogP contribution < -0.4 is 5.32 Å². The summed E-state index contributed by atoms with van der Waals surface area (Å²) in [6.45, 7) is 5.76. The molecule has 0 spiro atoms. The molecular formula is C13H17F2N. The molecule has 1 aromatic carbocycles. The van der Waals surface area contributed by atoms with E-state index in [1.165, 1.54) is 11.6 Å². The molecule has 0 aromatic heterocycles. The minimum absolute atomic E-state index is 0.702. The van der Waals surface area contributed by atoms with Crippen molar-refractivity contribution in [2.45, 2.75) is 20.3 Å². The zero-order valence-corrected chi connectivity index (χ0v) is 9.69. The van der Waals surface area contributed by atoms with Crippen molar-refractivity contribution >= 4 is 6.08 Å². The average molecular weight is 225 g/mol. The Hall–Kier alpha value is -1.22. The highest BCUT2D eigenvalue weighted by Crippen LogP contribution is 2.13. The molecule has 0 bridgehead atoms. The summed E-state index contributed by atoms with van der Waals surface area (Å²) < 4.78 is 25.7. The van der Waals surface area contributed by atoms with Gasteiger partial charge in [0.05, 0.1) is 0 Å². The Morgan fingerprint density at radius 1 is 1.25 bits per heavy atom. The Kier molecular flexibility index (Phi) is 5.12. The third kappa shape index (κ3) is 3.74. The average Bonchev–Trinajstić information content (AvgIpc) is 2.29. The van der Waals surface area contributed by atoms with Crippen molar-refractivity contribution in [3.05, 3.63) is 41.0 Å². The van der Waals surface area contributed by atoms with Crippen molar-refractivity contribution in [3.8, 4) is 0 Å². The van der Waals surface area contributed by atoms with E-state index in [1.54, 1.807) is 6.07 Å². The van der Waals surface area contributed by atoms with Crippen LogP contribution in [0.3, 0.4) is 0 Å². The van der Waals surface area contributed by atoms with Crippen molar-refractivity contribution in [3.63, 3.8) is 0 Å². The zero-order chi connectivity index (χ0) is 12.0. The predicted molar refractivity (Wildman–Crippen MR) is 63.2 cm³/mol. The van der Waals surface area contributed by atoms with Gasteiger partial charge >= 0.3 is 0 Å². The minimum atomic E-state index is -0.804. The van der Waals surface area contributed by atoms with E-state index in [-0.39, 0.29) is 0 Å². The maximum atomic E-state index is 13.0. The van der Waals surface area contributed by atoms with Gasteiger partial charge in [-0.05, 0) is 30.7 Å². The van der Waals surface area contributed by atoms with Crippen LogP contribution in [0.25, 0.3) is 6.08 Å². The summed E-state index contributed by atoms with van der Waals surface area (Å²) in [5, 5.41) is 3.21. The maximum absolute atomic E-state index is 13.0. The Bertz CT molecular complexity index is 372. The normalized spacial score (nSPS) is 11.9. The second-order valence-corrected chi connectivity index (χ2v) is 3.61. The molecule has 0 heterocycles. The van der Waals surface area contributed by atoms with Crippen LogP contribution in [0, 0.1) is 11.6 Å². The first-order chi connectivity index (χ1) is 7.67. The van der Waals surface area contributed by atoms with Crippen molar-refractivity contribution < 1.29 is 8.78 Å². The van der Waals surface area contributed by atoms with Crippen molar-refractivity contribution in [2.75, 3.05) is 13.1 Å². The van der Waals surface area contributed by atoms with Gasteiger partial charge in [-0.25, -0.2) is 8.78 Å². The lowest BCUT2D eigenvalue weighted by atomic mass is 10.1. The second-order valence-electron chi connectivity index (χ2n) is 3.61. The van der Waals surface area contributed by atoms with Crippen LogP contribution in [0.15, 0.2) is 23.8 Å². The summed E-state index contributed by atoms with van der Waals surface area (Å²) in [6, 6.07) is 3.96. The van der Waals surface area contributed by atoms with Gasteiger partial charge in [0, 0.05) is 6.54 Å². The highest BCUT2D eigenvalue weighted by Gasteiger charge is 2.01. The first kappa shape index (κ1) is 12.8. The van der Waals surface area contributed by atoms with E-state index >= 15 is 0 Å². The standard InChI is InChI=1S/C13H17F2N/c1-3-10(9-16-4-2)7-11-5-6-12(14)13(15)8-11/h5-8,16H,3-4,9H2,1-2H3. The Morgan fingerprint density at radius 3 is 2.56 bits per heavy atom. The van der Waals surface area contributed by atoms with Crippen LogP contribution in [0.4, 0.5) is 8.78 Å². The highest BCUT2D eigenvalue weighted by atomic mass is 19.2. The number of nitrogens with one attached hydrogen (secondary N) is 1. The molecular weight excluding hydrogens is 208 g/mol. The first-order valence-electron chi connectivity index (χ1n) is 5.52. The zero-order valence-electron chi connectivity index (χ0n) is 9.69. The van der Waals surface area contributed by atoms with E-state index in [0.717, 1.165) is 25.6 Å². The van der Waals surface area contributed by atoms with E-state index in [0.29, 0.717) is 5.56 Å². The maximum Gasteiger partial charge on any atom is 0.159 e. The molecule has 0 aliphatic heterocycles. The molecule has 0 saturated carbocycles. The molecule has 0 saturated heterocycles. The first-order valence-corrected chi connectivity index (χ1v) is 5.52. The molecule has 1 N–H and O–H groups in total. The van der Waals surface area contributed by atoms with Crippen molar-refractivity contribution in [1.82, 2.24) is 5.32 Å². The molecule has 0 amide bonds. The summed E-state index contributed by atoms with van der Waals surface area (Å²) in [6.07, 6.45) is 2.79. The third-order valence-electron chi connectivity index (χ3n) is 2.37. The number of benzene rings is 1. The fourth-order valence-electron chi connectivity index (χ4n) is 1.40. The fraction of sp³-hybridized carbons (Fsp3) is 0.385. The highest BCUT2D eigenvalue weighted by molar-refractivity contribution is 5.53. The lowest BCUT2D eigenvalue weighted by molar-refractivity contribution is 0.508. The monoisotopic (exact) mass is 225 g/mol. The second kappa shape index (κ2) is 6.38. The van der Waals surface area contributed by atoms with Gasteiger partial charge in [-0.3, -0.25) is 0 Å². The molecule has 0 aliphatic carbocycles. The van der Waals surface area contributed by atoms with Crippen molar-refractivity contribution in [1.29, 1.82) is 0 Å². The topological polar surface area (TPSA) is 12.0 Å². The summed E-state index contributed by atoms with van der Waals surface area (Å²) in [5.41, 5.74) is 1.88. The van der Waals surface area contributed by atoms with E-state index in [4.69, 9.17) is 0 Å². The van der Waals surface area contributed by atoms with Gasteiger partial charge < -0.3 is 5.32 Å². The van der Waals surface area contributed by atoms with Gasteiger partial charge in [-0.2, -0.15) is 0 Å². The summed E-state index contributed by atoms with van der Waals surface area (Å²) in [4.78, 5) is 0. The van der Waals surface area contributed by atoms with Crippen LogP contribution in [0.2, 0.25) is 0 Å². The van der Waals surface area contributed by atoms with E-state index in [2.05, 4.69) is 5.32 Å². The molecule has 0 radical (unpaired) electrons. The van der Waals surface area contributed by atoms with Gasteiger partial charge in [0.1, 0.15) is 0 Å². The van der Waals surface area contributed by atoms with Crippen LogP contribution >= 0.6 is 0 Å².